The molecule has 0 aromatic carbocycles. The van der Waals surface area contributed by atoms with E-state index in [9.17, 15) is 4.79 Å². The molecular formula is C14H28ClN3O. The Hall–Kier alpha value is -0.320. The van der Waals surface area contributed by atoms with E-state index in [1.165, 1.54) is 25.7 Å². The van der Waals surface area contributed by atoms with Gasteiger partial charge in [-0.1, -0.05) is 12.8 Å². The van der Waals surface area contributed by atoms with Crippen molar-refractivity contribution in [3.05, 3.63) is 0 Å². The molecule has 0 spiro atoms. The van der Waals surface area contributed by atoms with Crippen LogP contribution in [0.15, 0.2) is 0 Å². The Morgan fingerprint density at radius 3 is 2.21 bits per heavy atom. The molecule has 1 unspecified atom stereocenters. The lowest BCUT2D eigenvalue weighted by atomic mass is 10.0. The first-order valence-electron chi connectivity index (χ1n) is 7.42. The van der Waals surface area contributed by atoms with Crippen LogP contribution in [-0.4, -0.2) is 49.1 Å². The van der Waals surface area contributed by atoms with E-state index in [0.29, 0.717) is 12.1 Å². The summed E-state index contributed by atoms with van der Waals surface area (Å²) in [6, 6.07) is 1.10. The van der Waals surface area contributed by atoms with E-state index >= 15 is 0 Å². The zero-order valence-corrected chi connectivity index (χ0v) is 13.0. The fourth-order valence-electron chi connectivity index (χ4n) is 3.13. The Morgan fingerprint density at radius 2 is 1.68 bits per heavy atom. The number of rotatable bonds is 4. The Balaban J connectivity index is 0.00000180. The van der Waals surface area contributed by atoms with Gasteiger partial charge in [-0.05, 0) is 39.7 Å². The van der Waals surface area contributed by atoms with Gasteiger partial charge in [-0.15, -0.1) is 12.4 Å². The first-order chi connectivity index (χ1) is 8.70. The zero-order valence-electron chi connectivity index (χ0n) is 12.2. The van der Waals surface area contributed by atoms with Crippen LogP contribution in [0.4, 0.5) is 0 Å². The van der Waals surface area contributed by atoms with Gasteiger partial charge in [-0.3, -0.25) is 9.69 Å². The lowest BCUT2D eigenvalue weighted by molar-refractivity contribution is -0.127. The van der Waals surface area contributed by atoms with Crippen molar-refractivity contribution in [2.75, 3.05) is 20.1 Å². The third-order valence-corrected chi connectivity index (χ3v) is 4.57. The van der Waals surface area contributed by atoms with E-state index < -0.39 is 0 Å². The van der Waals surface area contributed by atoms with Crippen molar-refractivity contribution in [2.45, 2.75) is 63.6 Å². The van der Waals surface area contributed by atoms with Gasteiger partial charge in [0, 0.05) is 25.2 Å². The zero-order chi connectivity index (χ0) is 13.0. The van der Waals surface area contributed by atoms with Crippen LogP contribution >= 0.6 is 12.4 Å². The molecule has 0 aromatic heterocycles. The molecule has 1 heterocycles. The second-order valence-electron chi connectivity index (χ2n) is 5.76. The number of hydrogen-bond donors (Lipinski definition) is 2. The molecular weight excluding hydrogens is 262 g/mol. The van der Waals surface area contributed by atoms with Crippen LogP contribution in [-0.2, 0) is 4.79 Å². The normalized spacial score (nSPS) is 23.9. The van der Waals surface area contributed by atoms with Gasteiger partial charge in [-0.25, -0.2) is 0 Å². The van der Waals surface area contributed by atoms with Crippen molar-refractivity contribution in [1.29, 1.82) is 0 Å². The van der Waals surface area contributed by atoms with Crippen LogP contribution < -0.4 is 10.6 Å². The second kappa shape index (κ2) is 8.08. The maximum Gasteiger partial charge on any atom is 0.237 e. The Kier molecular flexibility index (Phi) is 7.11. The smallest absolute Gasteiger partial charge is 0.237 e. The average molecular weight is 290 g/mol. The van der Waals surface area contributed by atoms with Crippen molar-refractivity contribution in [3.63, 3.8) is 0 Å². The average Bonchev–Trinajstić information content (AvgIpc) is 2.91. The molecule has 1 aliphatic carbocycles. The van der Waals surface area contributed by atoms with Gasteiger partial charge in [0.2, 0.25) is 5.91 Å². The van der Waals surface area contributed by atoms with E-state index in [1.807, 2.05) is 14.0 Å². The topological polar surface area (TPSA) is 44.4 Å². The van der Waals surface area contributed by atoms with Gasteiger partial charge < -0.3 is 10.6 Å². The molecule has 2 fully saturated rings. The highest BCUT2D eigenvalue weighted by atomic mass is 35.5. The summed E-state index contributed by atoms with van der Waals surface area (Å²) in [7, 11) is 2.02. The first-order valence-corrected chi connectivity index (χ1v) is 7.42. The lowest BCUT2D eigenvalue weighted by Gasteiger charge is -2.35. The van der Waals surface area contributed by atoms with Gasteiger partial charge in [0.25, 0.3) is 0 Å². The molecule has 1 saturated heterocycles. The molecule has 4 nitrogen and oxygen atoms in total. The molecule has 19 heavy (non-hydrogen) atoms. The molecule has 2 aliphatic rings. The Morgan fingerprint density at radius 1 is 1.11 bits per heavy atom. The van der Waals surface area contributed by atoms with E-state index in [2.05, 4.69) is 15.5 Å². The van der Waals surface area contributed by atoms with E-state index in [1.54, 1.807) is 0 Å². The Bertz CT molecular complexity index is 274. The minimum absolute atomic E-state index is 0. The number of amides is 1. The maximum absolute atomic E-state index is 12.2. The molecule has 1 saturated carbocycles. The SMILES string of the molecule is CNC1CCN(C(C)C(=O)NC2CCCC2)CC1.Cl. The highest BCUT2D eigenvalue weighted by Gasteiger charge is 2.27. The van der Waals surface area contributed by atoms with Gasteiger partial charge in [0.1, 0.15) is 0 Å². The monoisotopic (exact) mass is 289 g/mol. The molecule has 0 radical (unpaired) electrons. The van der Waals surface area contributed by atoms with Crippen LogP contribution in [0.3, 0.4) is 0 Å². The van der Waals surface area contributed by atoms with Crippen LogP contribution in [0.25, 0.3) is 0 Å². The van der Waals surface area contributed by atoms with Crippen LogP contribution in [0.1, 0.15) is 45.4 Å². The molecule has 2 rings (SSSR count). The number of hydrogen-bond acceptors (Lipinski definition) is 3. The van der Waals surface area contributed by atoms with Crippen LogP contribution in [0, 0.1) is 0 Å². The molecule has 112 valence electrons. The number of carbonyl (C=O) groups excluding carboxylic acids is 1. The minimum Gasteiger partial charge on any atom is -0.352 e. The summed E-state index contributed by atoms with van der Waals surface area (Å²) < 4.78 is 0. The summed E-state index contributed by atoms with van der Waals surface area (Å²) in [5, 5.41) is 6.53. The van der Waals surface area contributed by atoms with Crippen molar-refractivity contribution in [1.82, 2.24) is 15.5 Å². The number of halogens is 1. The van der Waals surface area contributed by atoms with Gasteiger partial charge in [0.15, 0.2) is 0 Å². The number of likely N-dealkylation sites (tertiary alicyclic amines) is 1. The van der Waals surface area contributed by atoms with Crippen molar-refractivity contribution in [2.24, 2.45) is 0 Å². The summed E-state index contributed by atoms with van der Waals surface area (Å²) in [6.45, 7) is 4.11. The summed E-state index contributed by atoms with van der Waals surface area (Å²) in [6.07, 6.45) is 7.18. The van der Waals surface area contributed by atoms with Gasteiger partial charge in [-0.2, -0.15) is 0 Å². The van der Waals surface area contributed by atoms with Gasteiger partial charge >= 0.3 is 0 Å². The van der Waals surface area contributed by atoms with E-state index in [0.717, 1.165) is 25.9 Å². The molecule has 2 N–H and O–H groups in total. The summed E-state index contributed by atoms with van der Waals surface area (Å²) >= 11 is 0. The predicted molar refractivity (Wildman–Crippen MR) is 80.8 cm³/mol. The second-order valence-corrected chi connectivity index (χ2v) is 5.76. The number of carbonyl (C=O) groups is 1. The van der Waals surface area contributed by atoms with Gasteiger partial charge in [0.05, 0.1) is 6.04 Å². The van der Waals surface area contributed by atoms with Crippen LogP contribution in [0.2, 0.25) is 0 Å². The largest absolute Gasteiger partial charge is 0.352 e. The summed E-state index contributed by atoms with van der Waals surface area (Å²) in [5.74, 6) is 0.227. The first kappa shape index (κ1) is 16.7. The fraction of sp³-hybridized carbons (Fsp3) is 0.929. The third-order valence-electron chi connectivity index (χ3n) is 4.57. The minimum atomic E-state index is 0. The third kappa shape index (κ3) is 4.62. The van der Waals surface area contributed by atoms with Crippen molar-refractivity contribution in [3.8, 4) is 0 Å². The fourth-order valence-corrected chi connectivity index (χ4v) is 3.13. The number of nitrogens with one attached hydrogen (secondary N) is 2. The lowest BCUT2D eigenvalue weighted by Crippen LogP contribution is -2.51. The van der Waals surface area contributed by atoms with Crippen molar-refractivity contribution < 1.29 is 4.79 Å². The predicted octanol–water partition coefficient (Wildman–Crippen LogP) is 1.54. The standard InChI is InChI=1S/C14H27N3O.ClH/c1-11(14(18)16-13-5-3-4-6-13)17-9-7-12(15-2)8-10-17;/h11-13,15H,3-10H2,1-2H3,(H,16,18);1H. The summed E-state index contributed by atoms with van der Waals surface area (Å²) in [5.41, 5.74) is 0. The molecule has 0 aromatic rings. The van der Waals surface area contributed by atoms with Crippen LogP contribution in [0.5, 0.6) is 0 Å². The summed E-state index contributed by atoms with van der Waals surface area (Å²) in [4.78, 5) is 14.5. The highest BCUT2D eigenvalue weighted by molar-refractivity contribution is 5.85. The van der Waals surface area contributed by atoms with E-state index in [4.69, 9.17) is 0 Å². The molecule has 1 aliphatic heterocycles. The quantitative estimate of drug-likeness (QED) is 0.825. The molecule has 1 atom stereocenters. The molecule has 5 heteroatoms. The number of piperidine rings is 1. The molecule has 1 amide bonds. The maximum atomic E-state index is 12.2. The van der Waals surface area contributed by atoms with Crippen molar-refractivity contribution >= 4 is 18.3 Å². The van der Waals surface area contributed by atoms with E-state index in [-0.39, 0.29) is 24.4 Å². The number of nitrogens with zero attached hydrogens (tertiary/aromatic N) is 1. The molecule has 0 bridgehead atoms. The highest BCUT2D eigenvalue weighted by Crippen LogP contribution is 2.18. The Labute approximate surface area is 123 Å².